The Morgan fingerprint density at radius 1 is 1.25 bits per heavy atom. The largest absolute Gasteiger partial charge is 0.376 e. The Hall–Kier alpha value is -1.76. The summed E-state index contributed by atoms with van der Waals surface area (Å²) in [6.07, 6.45) is 4.14. The highest BCUT2D eigenvalue weighted by Crippen LogP contribution is 2.18. The summed E-state index contributed by atoms with van der Waals surface area (Å²) in [4.78, 5) is 12.2. The van der Waals surface area contributed by atoms with E-state index in [1.165, 1.54) is 12.5 Å². The maximum Gasteiger partial charge on any atom is 0.224 e. The Morgan fingerprint density at radius 2 is 2.14 bits per heavy atom. The quantitative estimate of drug-likeness (QED) is 0.598. The molecule has 6 heteroatoms. The number of benzene rings is 2. The lowest BCUT2D eigenvalue weighted by atomic mass is 10.1. The van der Waals surface area contributed by atoms with Crippen LogP contribution in [0, 0.1) is 5.82 Å². The molecule has 2 aromatic carbocycles. The number of rotatable bonds is 8. The molecule has 0 saturated carbocycles. The van der Waals surface area contributed by atoms with E-state index in [-0.39, 0.29) is 24.2 Å². The number of hydrogen-bond donors (Lipinski definition) is 1. The van der Waals surface area contributed by atoms with Crippen LogP contribution in [0.1, 0.15) is 36.8 Å². The number of anilines is 1. The number of nitrogens with one attached hydrogen (secondary N) is 1. The molecule has 1 aliphatic rings. The second-order valence-electron chi connectivity index (χ2n) is 6.99. The van der Waals surface area contributed by atoms with Gasteiger partial charge in [-0.25, -0.2) is 4.39 Å². The van der Waals surface area contributed by atoms with E-state index in [1.807, 2.05) is 24.3 Å². The monoisotopic (exact) mass is 449 g/mol. The average Bonchev–Trinajstić information content (AvgIpc) is 2.68. The number of amides is 1. The zero-order valence-corrected chi connectivity index (χ0v) is 17.3. The molecular formula is C22H25BrFNO3. The fourth-order valence-electron chi connectivity index (χ4n) is 3.18. The molecule has 28 heavy (non-hydrogen) atoms. The van der Waals surface area contributed by atoms with Gasteiger partial charge >= 0.3 is 0 Å². The predicted octanol–water partition coefficient (Wildman–Crippen LogP) is 5.25. The SMILES string of the molecule is O=C(CCc1ccc(Br)cc1F)Nc1cccc(COCC2CCCCO2)c1. The van der Waals surface area contributed by atoms with Gasteiger partial charge in [0, 0.05) is 23.2 Å². The summed E-state index contributed by atoms with van der Waals surface area (Å²) in [6, 6.07) is 12.5. The van der Waals surface area contributed by atoms with Crippen molar-refractivity contribution >= 4 is 27.5 Å². The van der Waals surface area contributed by atoms with E-state index in [1.54, 1.807) is 12.1 Å². The summed E-state index contributed by atoms with van der Waals surface area (Å²) in [7, 11) is 0. The third-order valence-corrected chi connectivity index (χ3v) is 5.19. The Kier molecular flexibility index (Phi) is 8.01. The van der Waals surface area contributed by atoms with Crippen molar-refractivity contribution in [2.75, 3.05) is 18.5 Å². The van der Waals surface area contributed by atoms with Crippen LogP contribution < -0.4 is 5.32 Å². The molecule has 0 aliphatic carbocycles. The number of carbonyl (C=O) groups is 1. The number of halogens is 2. The molecule has 3 rings (SSSR count). The van der Waals surface area contributed by atoms with Crippen LogP contribution in [0.15, 0.2) is 46.9 Å². The molecule has 4 nitrogen and oxygen atoms in total. The number of hydrogen-bond acceptors (Lipinski definition) is 3. The molecule has 1 fully saturated rings. The minimum Gasteiger partial charge on any atom is -0.376 e. The van der Waals surface area contributed by atoms with E-state index in [9.17, 15) is 9.18 Å². The van der Waals surface area contributed by atoms with Crippen LogP contribution in [0.25, 0.3) is 0 Å². The lowest BCUT2D eigenvalue weighted by Crippen LogP contribution is -2.24. The van der Waals surface area contributed by atoms with E-state index >= 15 is 0 Å². The van der Waals surface area contributed by atoms with Crippen molar-refractivity contribution in [3.8, 4) is 0 Å². The van der Waals surface area contributed by atoms with Crippen molar-refractivity contribution in [2.45, 2.75) is 44.8 Å². The third kappa shape index (κ3) is 6.69. The summed E-state index contributed by atoms with van der Waals surface area (Å²) in [5, 5.41) is 2.87. The molecule has 1 saturated heterocycles. The van der Waals surface area contributed by atoms with Crippen LogP contribution in [-0.2, 0) is 27.3 Å². The molecule has 0 radical (unpaired) electrons. The van der Waals surface area contributed by atoms with Crippen molar-refractivity contribution < 1.29 is 18.7 Å². The number of ether oxygens (including phenoxy) is 2. The van der Waals surface area contributed by atoms with Gasteiger partial charge in [0.2, 0.25) is 5.91 Å². The van der Waals surface area contributed by atoms with Gasteiger partial charge in [0.25, 0.3) is 0 Å². The minimum atomic E-state index is -0.303. The van der Waals surface area contributed by atoms with E-state index in [2.05, 4.69) is 21.2 Å². The number of aryl methyl sites for hydroxylation is 1. The maximum atomic E-state index is 13.8. The van der Waals surface area contributed by atoms with Crippen molar-refractivity contribution in [3.05, 3.63) is 63.9 Å². The maximum absolute atomic E-state index is 13.8. The first-order valence-corrected chi connectivity index (χ1v) is 10.4. The Labute approximate surface area is 173 Å². The van der Waals surface area contributed by atoms with Gasteiger partial charge in [-0.05, 0) is 61.1 Å². The number of carbonyl (C=O) groups excluding carboxylic acids is 1. The van der Waals surface area contributed by atoms with E-state index < -0.39 is 0 Å². The van der Waals surface area contributed by atoms with Crippen LogP contribution in [0.3, 0.4) is 0 Å². The van der Waals surface area contributed by atoms with Gasteiger partial charge in [0.1, 0.15) is 5.82 Å². The molecule has 2 aromatic rings. The van der Waals surface area contributed by atoms with Gasteiger partial charge in [0.05, 0.1) is 19.3 Å². The van der Waals surface area contributed by atoms with E-state index in [4.69, 9.17) is 9.47 Å². The topological polar surface area (TPSA) is 47.6 Å². The van der Waals surface area contributed by atoms with Crippen molar-refractivity contribution in [1.29, 1.82) is 0 Å². The van der Waals surface area contributed by atoms with Gasteiger partial charge in [0.15, 0.2) is 0 Å². The Balaban J connectivity index is 1.44. The highest BCUT2D eigenvalue weighted by atomic mass is 79.9. The smallest absolute Gasteiger partial charge is 0.224 e. The summed E-state index contributed by atoms with van der Waals surface area (Å²) >= 11 is 3.23. The zero-order valence-electron chi connectivity index (χ0n) is 15.8. The fraction of sp³-hybridized carbons (Fsp3) is 0.409. The lowest BCUT2D eigenvalue weighted by molar-refractivity contribution is -0.116. The van der Waals surface area contributed by atoms with Crippen LogP contribution >= 0.6 is 15.9 Å². The molecule has 150 valence electrons. The molecule has 0 bridgehead atoms. The van der Waals surface area contributed by atoms with Crippen LogP contribution in [-0.4, -0.2) is 25.2 Å². The summed E-state index contributed by atoms with van der Waals surface area (Å²) in [6.45, 7) is 1.89. The molecule has 1 amide bonds. The van der Waals surface area contributed by atoms with Crippen molar-refractivity contribution in [2.24, 2.45) is 0 Å². The van der Waals surface area contributed by atoms with Gasteiger partial charge in [-0.2, -0.15) is 0 Å². The van der Waals surface area contributed by atoms with Gasteiger partial charge in [-0.1, -0.05) is 34.1 Å². The minimum absolute atomic E-state index is 0.143. The van der Waals surface area contributed by atoms with Crippen LogP contribution in [0.2, 0.25) is 0 Å². The van der Waals surface area contributed by atoms with Gasteiger partial charge in [-0.3, -0.25) is 4.79 Å². The molecule has 1 aliphatic heterocycles. The zero-order chi connectivity index (χ0) is 19.8. The van der Waals surface area contributed by atoms with E-state index in [0.29, 0.717) is 29.7 Å². The molecule has 1 heterocycles. The first kappa shape index (κ1) is 21.0. The fourth-order valence-corrected chi connectivity index (χ4v) is 3.52. The third-order valence-electron chi connectivity index (χ3n) is 4.69. The van der Waals surface area contributed by atoms with Crippen molar-refractivity contribution in [1.82, 2.24) is 0 Å². The van der Waals surface area contributed by atoms with Crippen LogP contribution in [0.4, 0.5) is 10.1 Å². The summed E-state index contributed by atoms with van der Waals surface area (Å²) in [5.74, 6) is -0.445. The van der Waals surface area contributed by atoms with Crippen LogP contribution in [0.5, 0.6) is 0 Å². The highest BCUT2D eigenvalue weighted by Gasteiger charge is 2.13. The van der Waals surface area contributed by atoms with Gasteiger partial charge < -0.3 is 14.8 Å². The molecule has 0 aromatic heterocycles. The Morgan fingerprint density at radius 3 is 2.93 bits per heavy atom. The molecule has 1 atom stereocenters. The molecule has 0 spiro atoms. The van der Waals surface area contributed by atoms with E-state index in [0.717, 1.165) is 30.7 Å². The molecule has 1 unspecified atom stereocenters. The van der Waals surface area contributed by atoms with Crippen molar-refractivity contribution in [3.63, 3.8) is 0 Å². The molecule has 1 N–H and O–H groups in total. The second-order valence-corrected chi connectivity index (χ2v) is 7.90. The average molecular weight is 450 g/mol. The van der Waals surface area contributed by atoms with Gasteiger partial charge in [-0.15, -0.1) is 0 Å². The Bertz CT molecular complexity index is 793. The summed E-state index contributed by atoms with van der Waals surface area (Å²) < 4.78 is 26.0. The summed E-state index contributed by atoms with van der Waals surface area (Å²) in [5.41, 5.74) is 2.24. The second kappa shape index (κ2) is 10.7. The highest BCUT2D eigenvalue weighted by molar-refractivity contribution is 9.10. The normalized spacial score (nSPS) is 16.7. The lowest BCUT2D eigenvalue weighted by Gasteiger charge is -2.22. The first-order chi connectivity index (χ1) is 13.6. The first-order valence-electron chi connectivity index (χ1n) is 9.62. The molecular weight excluding hydrogens is 425 g/mol. The standard InChI is InChI=1S/C22H25BrFNO3/c23-18-9-7-17(21(24)13-18)8-10-22(26)25-19-5-3-4-16(12-19)14-27-15-20-6-1-2-11-28-20/h3-5,7,9,12-13,20H,1-2,6,8,10-11,14-15H2,(H,25,26). The predicted molar refractivity (Wildman–Crippen MR) is 111 cm³/mol.